The predicted molar refractivity (Wildman–Crippen MR) is 84.7 cm³/mol. The summed E-state index contributed by atoms with van der Waals surface area (Å²) in [6.45, 7) is 3.78. The summed E-state index contributed by atoms with van der Waals surface area (Å²) in [6, 6.07) is 20.8. The molecule has 0 radical (unpaired) electrons. The van der Waals surface area contributed by atoms with Gasteiger partial charge in [-0.25, -0.2) is 0 Å². The monoisotopic (exact) mass is 246 g/mol. The number of benzene rings is 2. The van der Waals surface area contributed by atoms with E-state index in [2.05, 4.69) is 73.3 Å². The molecule has 0 unspecified atom stereocenters. The summed E-state index contributed by atoms with van der Waals surface area (Å²) in [5.74, 6) is 0. The maximum atomic E-state index is 3.78. The fourth-order valence-electron chi connectivity index (χ4n) is 1.87. The summed E-state index contributed by atoms with van der Waals surface area (Å²) in [5, 5.41) is 0. The fraction of sp³-hybridized carbons (Fsp3) is 0.0526. The van der Waals surface area contributed by atoms with Crippen LogP contribution in [0, 0.1) is 0 Å². The summed E-state index contributed by atoms with van der Waals surface area (Å²) < 4.78 is 0. The second kappa shape index (κ2) is 7.17. The minimum atomic E-state index is 0.878. The molecule has 0 aliphatic rings. The van der Waals surface area contributed by atoms with E-state index in [0.29, 0.717) is 0 Å². The molecule has 0 nitrogen and oxygen atoms in total. The molecule has 0 aliphatic carbocycles. The molecule has 0 bridgehead atoms. The molecular weight excluding hydrogens is 228 g/mol. The van der Waals surface area contributed by atoms with Crippen molar-refractivity contribution in [1.29, 1.82) is 0 Å². The molecule has 2 rings (SSSR count). The maximum Gasteiger partial charge on any atom is -0.0163 e. The van der Waals surface area contributed by atoms with Crippen molar-refractivity contribution in [1.82, 2.24) is 0 Å². The van der Waals surface area contributed by atoms with Gasteiger partial charge in [-0.1, -0.05) is 85.0 Å². The smallest absolute Gasteiger partial charge is 0.0163 e. The van der Waals surface area contributed by atoms with Crippen LogP contribution in [-0.2, 0) is 0 Å². The zero-order valence-electron chi connectivity index (χ0n) is 11.0. The summed E-state index contributed by atoms with van der Waals surface area (Å²) in [7, 11) is 0. The highest BCUT2D eigenvalue weighted by atomic mass is 14.0. The molecule has 2 aromatic rings. The summed E-state index contributed by atoms with van der Waals surface area (Å²) in [6.07, 6.45) is 9.29. The third-order valence-corrected chi connectivity index (χ3v) is 2.87. The Balaban J connectivity index is 2.25. The van der Waals surface area contributed by atoms with Crippen molar-refractivity contribution in [2.24, 2.45) is 0 Å². The van der Waals surface area contributed by atoms with Gasteiger partial charge in [0.2, 0.25) is 0 Å². The molecular formula is C19H18. The quantitative estimate of drug-likeness (QED) is 0.492. The van der Waals surface area contributed by atoms with E-state index >= 15 is 0 Å². The largest absolute Gasteiger partial charge is 0.103 e. The minimum Gasteiger partial charge on any atom is -0.103 e. The molecule has 0 aromatic heterocycles. The Morgan fingerprint density at radius 2 is 1.53 bits per heavy atom. The average molecular weight is 246 g/mol. The van der Waals surface area contributed by atoms with Gasteiger partial charge in [0.1, 0.15) is 0 Å². The van der Waals surface area contributed by atoms with Gasteiger partial charge in [0.25, 0.3) is 0 Å². The fourth-order valence-corrected chi connectivity index (χ4v) is 1.87. The first-order valence-electron chi connectivity index (χ1n) is 6.50. The van der Waals surface area contributed by atoms with E-state index in [1.807, 2.05) is 18.2 Å². The van der Waals surface area contributed by atoms with E-state index in [-0.39, 0.29) is 0 Å². The van der Waals surface area contributed by atoms with Crippen molar-refractivity contribution >= 4 is 11.6 Å². The highest BCUT2D eigenvalue weighted by Crippen LogP contribution is 2.18. The van der Waals surface area contributed by atoms with Crippen LogP contribution in [0.15, 0.2) is 85.5 Å². The van der Waals surface area contributed by atoms with Gasteiger partial charge in [0, 0.05) is 0 Å². The molecule has 19 heavy (non-hydrogen) atoms. The first kappa shape index (κ1) is 13.1. The molecule has 0 heterocycles. The van der Waals surface area contributed by atoms with Crippen molar-refractivity contribution in [3.05, 3.63) is 96.6 Å². The Morgan fingerprint density at radius 3 is 2.16 bits per heavy atom. The molecule has 0 spiro atoms. The maximum absolute atomic E-state index is 3.78. The van der Waals surface area contributed by atoms with Crippen molar-refractivity contribution in [3.8, 4) is 0 Å². The van der Waals surface area contributed by atoms with Crippen molar-refractivity contribution in [3.63, 3.8) is 0 Å². The summed E-state index contributed by atoms with van der Waals surface area (Å²) in [4.78, 5) is 0. The van der Waals surface area contributed by atoms with Crippen LogP contribution in [0.5, 0.6) is 0 Å². The molecule has 0 amide bonds. The molecule has 0 atom stereocenters. The van der Waals surface area contributed by atoms with Crippen LogP contribution in [-0.4, -0.2) is 0 Å². The van der Waals surface area contributed by atoms with Gasteiger partial charge >= 0.3 is 0 Å². The molecule has 94 valence electrons. The van der Waals surface area contributed by atoms with Gasteiger partial charge in [0.05, 0.1) is 0 Å². The molecule has 2 aromatic carbocycles. The van der Waals surface area contributed by atoms with E-state index in [1.165, 1.54) is 16.7 Å². The minimum absolute atomic E-state index is 0.878. The zero-order valence-corrected chi connectivity index (χ0v) is 11.0. The molecule has 0 aliphatic heterocycles. The van der Waals surface area contributed by atoms with Gasteiger partial charge in [-0.05, 0) is 23.1 Å². The van der Waals surface area contributed by atoms with Gasteiger partial charge in [-0.2, -0.15) is 0 Å². The van der Waals surface area contributed by atoms with Crippen LogP contribution in [0.1, 0.15) is 17.5 Å². The third-order valence-electron chi connectivity index (χ3n) is 2.87. The number of hydrogen-bond acceptors (Lipinski definition) is 0. The summed E-state index contributed by atoms with van der Waals surface area (Å²) in [5.41, 5.74) is 3.67. The van der Waals surface area contributed by atoms with Crippen LogP contribution < -0.4 is 0 Å². The van der Waals surface area contributed by atoms with Gasteiger partial charge in [-0.15, -0.1) is 6.58 Å². The number of hydrogen-bond donors (Lipinski definition) is 0. The van der Waals surface area contributed by atoms with Crippen LogP contribution in [0.4, 0.5) is 0 Å². The van der Waals surface area contributed by atoms with Crippen molar-refractivity contribution in [2.45, 2.75) is 6.42 Å². The Bertz CT molecular complexity index is 560. The van der Waals surface area contributed by atoms with Gasteiger partial charge < -0.3 is 0 Å². The molecule has 0 heteroatoms. The lowest BCUT2D eigenvalue weighted by molar-refractivity contribution is 1.41. The van der Waals surface area contributed by atoms with Crippen molar-refractivity contribution in [2.75, 3.05) is 0 Å². The van der Waals surface area contributed by atoms with Crippen LogP contribution in [0.3, 0.4) is 0 Å². The molecule has 0 saturated carbocycles. The second-order valence-corrected chi connectivity index (χ2v) is 4.29. The lowest BCUT2D eigenvalue weighted by Crippen LogP contribution is -1.80. The van der Waals surface area contributed by atoms with E-state index in [9.17, 15) is 0 Å². The Morgan fingerprint density at radius 1 is 0.895 bits per heavy atom. The Labute approximate surface area is 115 Å². The highest BCUT2D eigenvalue weighted by molar-refractivity contribution is 5.78. The van der Waals surface area contributed by atoms with E-state index in [4.69, 9.17) is 0 Å². The summed E-state index contributed by atoms with van der Waals surface area (Å²) >= 11 is 0. The van der Waals surface area contributed by atoms with E-state index in [1.54, 1.807) is 0 Å². The normalized spacial score (nSPS) is 11.7. The van der Waals surface area contributed by atoms with E-state index < -0.39 is 0 Å². The van der Waals surface area contributed by atoms with Crippen LogP contribution >= 0.6 is 0 Å². The zero-order chi connectivity index (χ0) is 13.3. The average Bonchev–Trinajstić information content (AvgIpc) is 2.49. The first-order valence-corrected chi connectivity index (χ1v) is 6.50. The van der Waals surface area contributed by atoms with Crippen LogP contribution in [0.25, 0.3) is 11.6 Å². The SMILES string of the molecule is C=CC/C=C(\C=C\c1ccccc1)c1ccccc1. The Hall–Kier alpha value is -2.34. The van der Waals surface area contributed by atoms with Gasteiger partial charge in [-0.3, -0.25) is 0 Å². The first-order chi connectivity index (χ1) is 9.40. The molecule has 0 saturated heterocycles. The standard InChI is InChI=1S/C19H18/c1-2-3-12-19(18-13-8-5-9-14-18)16-15-17-10-6-4-7-11-17/h2,4-16H,1,3H2/b16-15+,19-12+. The molecule has 0 N–H and O–H groups in total. The number of allylic oxidation sites excluding steroid dienone is 4. The van der Waals surface area contributed by atoms with E-state index in [0.717, 1.165) is 6.42 Å². The van der Waals surface area contributed by atoms with Gasteiger partial charge in [0.15, 0.2) is 0 Å². The number of rotatable bonds is 5. The topological polar surface area (TPSA) is 0 Å². The molecule has 0 fully saturated rings. The third kappa shape index (κ3) is 4.11. The van der Waals surface area contributed by atoms with Crippen LogP contribution in [0.2, 0.25) is 0 Å². The second-order valence-electron chi connectivity index (χ2n) is 4.29. The lowest BCUT2D eigenvalue weighted by atomic mass is 10.0. The van der Waals surface area contributed by atoms with Crippen molar-refractivity contribution < 1.29 is 0 Å². The lowest BCUT2D eigenvalue weighted by Gasteiger charge is -2.02. The predicted octanol–water partition coefficient (Wildman–Crippen LogP) is 5.36. The highest BCUT2D eigenvalue weighted by Gasteiger charge is 1.95. The Kier molecular flexibility index (Phi) is 4.95.